The Balaban J connectivity index is 3.50. The summed E-state index contributed by atoms with van der Waals surface area (Å²) in [6, 6.07) is -0.636. The summed E-state index contributed by atoms with van der Waals surface area (Å²) < 4.78 is 5.44. The predicted molar refractivity (Wildman–Crippen MR) is 250 cm³/mol. The number of esters is 1. The molecule has 3 N–H and O–H groups in total. The summed E-state index contributed by atoms with van der Waals surface area (Å²) in [5.41, 5.74) is 0. The van der Waals surface area contributed by atoms with Crippen LogP contribution >= 0.6 is 0 Å². The fraction of sp³-hybridized carbons (Fsp3) is 0.808. The minimum atomic E-state index is -0.851. The Bertz CT molecular complexity index is 988. The number of amides is 1. The van der Waals surface area contributed by atoms with E-state index in [0.29, 0.717) is 19.4 Å². The van der Waals surface area contributed by atoms with Crippen LogP contribution in [0.1, 0.15) is 245 Å². The van der Waals surface area contributed by atoms with E-state index >= 15 is 0 Å². The van der Waals surface area contributed by atoms with Crippen LogP contribution in [0.4, 0.5) is 0 Å². The highest BCUT2D eigenvalue weighted by atomic mass is 16.5. The average Bonchev–Trinajstić information content (AvgIpc) is 3.22. The second-order valence-electron chi connectivity index (χ2n) is 16.8. The van der Waals surface area contributed by atoms with Crippen molar-refractivity contribution in [3.8, 4) is 0 Å². The van der Waals surface area contributed by atoms with E-state index in [1.165, 1.54) is 148 Å². The Morgan fingerprint density at radius 3 is 1.40 bits per heavy atom. The molecule has 0 spiro atoms. The molecule has 0 aromatic carbocycles. The lowest BCUT2D eigenvalue weighted by atomic mass is 10.1. The highest BCUT2D eigenvalue weighted by molar-refractivity contribution is 5.76. The molecule has 0 aromatic heterocycles. The maximum atomic E-state index is 12.4. The Morgan fingerprint density at radius 1 is 0.483 bits per heavy atom. The van der Waals surface area contributed by atoms with Crippen molar-refractivity contribution in [3.63, 3.8) is 0 Å². The van der Waals surface area contributed by atoms with E-state index in [1.54, 1.807) is 6.08 Å². The van der Waals surface area contributed by atoms with Crippen molar-refractivity contribution >= 4 is 11.9 Å². The number of unbranched alkanes of at least 4 members (excludes halogenated alkanes) is 28. The SMILES string of the molecule is CCC/C=C\C/C=C\CCCCCCCC(=O)OCCCCCCCC/C=C\CCCCCCCCCC(=O)NC(CO)C(O)/C=C/CCCCCCCCCCC. The summed E-state index contributed by atoms with van der Waals surface area (Å²) in [5.74, 6) is -0.103. The molecule has 2 atom stereocenters. The maximum Gasteiger partial charge on any atom is 0.305 e. The third-order valence-electron chi connectivity index (χ3n) is 11.0. The van der Waals surface area contributed by atoms with E-state index in [4.69, 9.17) is 4.74 Å². The van der Waals surface area contributed by atoms with Gasteiger partial charge in [-0.05, 0) is 83.5 Å². The molecule has 0 aliphatic rings. The third-order valence-corrected chi connectivity index (χ3v) is 11.0. The van der Waals surface area contributed by atoms with Gasteiger partial charge in [-0.25, -0.2) is 0 Å². The van der Waals surface area contributed by atoms with Crippen molar-refractivity contribution in [1.82, 2.24) is 5.32 Å². The van der Waals surface area contributed by atoms with E-state index in [2.05, 4.69) is 55.6 Å². The Morgan fingerprint density at radius 2 is 0.897 bits per heavy atom. The van der Waals surface area contributed by atoms with Gasteiger partial charge in [-0.3, -0.25) is 9.59 Å². The van der Waals surface area contributed by atoms with Crippen LogP contribution in [-0.4, -0.2) is 47.4 Å². The normalized spacial score (nSPS) is 13.1. The number of hydrogen-bond acceptors (Lipinski definition) is 5. The van der Waals surface area contributed by atoms with Gasteiger partial charge in [0, 0.05) is 12.8 Å². The van der Waals surface area contributed by atoms with Crippen LogP contribution in [0.15, 0.2) is 48.6 Å². The molecule has 0 saturated heterocycles. The van der Waals surface area contributed by atoms with Crippen molar-refractivity contribution in [2.75, 3.05) is 13.2 Å². The average molecular weight is 814 g/mol. The van der Waals surface area contributed by atoms with Crippen molar-refractivity contribution in [2.24, 2.45) is 0 Å². The molecule has 0 heterocycles. The van der Waals surface area contributed by atoms with Gasteiger partial charge in [0.05, 0.1) is 25.4 Å². The number of rotatable bonds is 45. The largest absolute Gasteiger partial charge is 0.466 e. The third kappa shape index (κ3) is 43.4. The summed E-state index contributed by atoms with van der Waals surface area (Å²) in [7, 11) is 0. The highest BCUT2D eigenvalue weighted by Gasteiger charge is 2.18. The van der Waals surface area contributed by atoms with Crippen LogP contribution in [0.2, 0.25) is 0 Å². The molecule has 338 valence electrons. The first-order valence-electron chi connectivity index (χ1n) is 24.9. The fourth-order valence-corrected chi connectivity index (χ4v) is 7.19. The number of nitrogens with one attached hydrogen (secondary N) is 1. The van der Waals surface area contributed by atoms with Gasteiger partial charge in [-0.1, -0.05) is 197 Å². The lowest BCUT2D eigenvalue weighted by molar-refractivity contribution is -0.143. The van der Waals surface area contributed by atoms with Gasteiger partial charge in [-0.2, -0.15) is 0 Å². The first-order chi connectivity index (χ1) is 28.5. The van der Waals surface area contributed by atoms with E-state index in [1.807, 2.05) is 6.08 Å². The molecule has 0 bridgehead atoms. The predicted octanol–water partition coefficient (Wildman–Crippen LogP) is 14.7. The van der Waals surface area contributed by atoms with Gasteiger partial charge in [0.2, 0.25) is 5.91 Å². The molecule has 6 nitrogen and oxygen atoms in total. The molecule has 1 amide bonds. The van der Waals surface area contributed by atoms with E-state index < -0.39 is 12.1 Å². The van der Waals surface area contributed by atoms with Crippen LogP contribution < -0.4 is 5.32 Å². The highest BCUT2D eigenvalue weighted by Crippen LogP contribution is 2.14. The number of carbonyl (C=O) groups is 2. The van der Waals surface area contributed by atoms with Gasteiger partial charge < -0.3 is 20.3 Å². The second kappa shape index (κ2) is 47.5. The number of allylic oxidation sites excluding steroid dienone is 7. The van der Waals surface area contributed by atoms with E-state index in [0.717, 1.165) is 70.6 Å². The molecule has 0 saturated carbocycles. The summed E-state index contributed by atoms with van der Waals surface area (Å²) in [6.07, 6.45) is 58.2. The Hall–Kier alpha value is -2.18. The molecular weight excluding hydrogens is 719 g/mol. The van der Waals surface area contributed by atoms with Crippen molar-refractivity contribution in [3.05, 3.63) is 48.6 Å². The molecule has 0 fully saturated rings. The van der Waals surface area contributed by atoms with Crippen LogP contribution in [-0.2, 0) is 14.3 Å². The van der Waals surface area contributed by atoms with Crippen molar-refractivity contribution in [1.29, 1.82) is 0 Å². The Kier molecular flexibility index (Phi) is 45.7. The first-order valence-corrected chi connectivity index (χ1v) is 24.9. The monoisotopic (exact) mass is 814 g/mol. The van der Waals surface area contributed by atoms with Gasteiger partial charge in [-0.15, -0.1) is 0 Å². The minimum Gasteiger partial charge on any atom is -0.466 e. The molecule has 2 unspecified atom stereocenters. The zero-order valence-corrected chi connectivity index (χ0v) is 38.3. The molecule has 6 heteroatoms. The van der Waals surface area contributed by atoms with Crippen molar-refractivity contribution < 1.29 is 24.5 Å². The van der Waals surface area contributed by atoms with E-state index in [9.17, 15) is 19.8 Å². The quantitative estimate of drug-likeness (QED) is 0.0323. The van der Waals surface area contributed by atoms with Crippen molar-refractivity contribution in [2.45, 2.75) is 257 Å². The lowest BCUT2D eigenvalue weighted by Gasteiger charge is -2.20. The minimum absolute atomic E-state index is 0.0194. The zero-order chi connectivity index (χ0) is 42.3. The van der Waals surface area contributed by atoms with E-state index in [-0.39, 0.29) is 18.5 Å². The standard InChI is InChI=1S/C52H95NO5/c1-3-5-7-9-11-13-15-21-26-30-34-38-42-46-52(57)58-47-43-39-35-31-27-23-20-18-16-17-19-22-25-29-33-37-41-45-51(56)53-49(48-54)50(55)44-40-36-32-28-24-14-12-10-8-6-4-2/h7,9,13,15-16,18,40,44,49-50,54-55H,3-6,8,10-12,14,17,19-39,41-43,45-48H2,1-2H3,(H,53,56)/b9-7-,15-13-,18-16-,44-40+. The first kappa shape index (κ1) is 55.8. The lowest BCUT2D eigenvalue weighted by Crippen LogP contribution is -2.45. The summed E-state index contributed by atoms with van der Waals surface area (Å²) in [4.78, 5) is 24.4. The molecule has 58 heavy (non-hydrogen) atoms. The molecular formula is C52H95NO5. The number of carbonyl (C=O) groups excluding carboxylic acids is 2. The molecule has 0 aliphatic heterocycles. The summed E-state index contributed by atoms with van der Waals surface area (Å²) >= 11 is 0. The molecule has 0 aromatic rings. The van der Waals surface area contributed by atoms with Crippen LogP contribution in [0, 0.1) is 0 Å². The number of aliphatic hydroxyl groups excluding tert-OH is 2. The molecule has 0 radical (unpaired) electrons. The second-order valence-corrected chi connectivity index (χ2v) is 16.8. The van der Waals surface area contributed by atoms with Crippen LogP contribution in [0.25, 0.3) is 0 Å². The van der Waals surface area contributed by atoms with Gasteiger partial charge in [0.15, 0.2) is 0 Å². The maximum absolute atomic E-state index is 12.4. The number of aliphatic hydroxyl groups is 2. The van der Waals surface area contributed by atoms with Crippen LogP contribution in [0.5, 0.6) is 0 Å². The summed E-state index contributed by atoms with van der Waals surface area (Å²) in [5, 5.41) is 22.9. The molecule has 0 aliphatic carbocycles. The topological polar surface area (TPSA) is 95.9 Å². The van der Waals surface area contributed by atoms with Crippen LogP contribution in [0.3, 0.4) is 0 Å². The van der Waals surface area contributed by atoms with Gasteiger partial charge >= 0.3 is 5.97 Å². The zero-order valence-electron chi connectivity index (χ0n) is 38.3. The molecule has 0 rings (SSSR count). The summed E-state index contributed by atoms with van der Waals surface area (Å²) in [6.45, 7) is 4.78. The number of ether oxygens (including phenoxy) is 1. The fourth-order valence-electron chi connectivity index (χ4n) is 7.19. The number of hydrogen-bond donors (Lipinski definition) is 3. The van der Waals surface area contributed by atoms with Gasteiger partial charge in [0.25, 0.3) is 0 Å². The Labute approximate surface area is 359 Å². The smallest absolute Gasteiger partial charge is 0.305 e. The van der Waals surface area contributed by atoms with Gasteiger partial charge in [0.1, 0.15) is 0 Å².